The summed E-state index contributed by atoms with van der Waals surface area (Å²) in [6, 6.07) is 8.38. The minimum atomic E-state index is -3.08. The van der Waals surface area contributed by atoms with Crippen LogP contribution in [0.25, 0.3) is 0 Å². The summed E-state index contributed by atoms with van der Waals surface area (Å²) in [5, 5.41) is 39.7. The molecule has 21 heavy (non-hydrogen) atoms. The van der Waals surface area contributed by atoms with E-state index in [0.717, 1.165) is 12.3 Å². The van der Waals surface area contributed by atoms with E-state index < -0.39 is 17.6 Å². The summed E-state index contributed by atoms with van der Waals surface area (Å²) < 4.78 is 4.86. The molecule has 0 saturated carbocycles. The molecule has 8 nitrogen and oxygen atoms in total. The van der Waals surface area contributed by atoms with E-state index in [1.54, 1.807) is 12.1 Å². The summed E-state index contributed by atoms with van der Waals surface area (Å²) in [6.45, 7) is 0. The van der Waals surface area contributed by atoms with Gasteiger partial charge in [-0.2, -0.15) is 5.10 Å². The maximum absolute atomic E-state index is 11.7. The van der Waals surface area contributed by atoms with Crippen LogP contribution in [0.2, 0.25) is 0 Å². The van der Waals surface area contributed by atoms with Gasteiger partial charge in [0, 0.05) is 0 Å². The maximum atomic E-state index is 11.7. The topological polar surface area (TPSA) is 136 Å². The molecule has 0 unspecified atom stereocenters. The first kappa shape index (κ1) is 14.7. The van der Waals surface area contributed by atoms with Crippen molar-refractivity contribution in [3.63, 3.8) is 0 Å². The van der Waals surface area contributed by atoms with E-state index >= 15 is 0 Å². The lowest BCUT2D eigenvalue weighted by Crippen LogP contribution is -2.22. The molecule has 1 heterocycles. The molecule has 0 fully saturated rings. The van der Waals surface area contributed by atoms with Gasteiger partial charge in [-0.3, -0.25) is 4.79 Å². The Morgan fingerprint density at radius 3 is 2.52 bits per heavy atom. The van der Waals surface area contributed by atoms with E-state index in [0.29, 0.717) is 0 Å². The second kappa shape index (κ2) is 5.75. The largest absolute Gasteiger partial charge is 0.507 e. The van der Waals surface area contributed by atoms with Gasteiger partial charge in [0.25, 0.3) is 5.91 Å². The van der Waals surface area contributed by atoms with E-state index in [-0.39, 0.29) is 17.1 Å². The molecule has 0 aliphatic rings. The summed E-state index contributed by atoms with van der Waals surface area (Å²) in [5.41, 5.74) is 2.21. The van der Waals surface area contributed by atoms with E-state index in [9.17, 15) is 9.90 Å². The average Bonchev–Trinajstić information content (AvgIpc) is 2.88. The lowest BCUT2D eigenvalue weighted by atomic mass is 10.2. The molecule has 0 saturated heterocycles. The van der Waals surface area contributed by atoms with E-state index in [1.165, 1.54) is 18.2 Å². The fourth-order valence-electron chi connectivity index (χ4n) is 1.48. The number of carbonyl (C=O) groups excluding carboxylic acids is 1. The highest BCUT2D eigenvalue weighted by atomic mass is 16.7. The number of carbonyl (C=O) groups is 1. The van der Waals surface area contributed by atoms with Crippen LogP contribution in [0, 0.1) is 0 Å². The van der Waals surface area contributed by atoms with Crippen LogP contribution in [0.15, 0.2) is 45.9 Å². The van der Waals surface area contributed by atoms with Crippen LogP contribution in [-0.4, -0.2) is 32.5 Å². The van der Waals surface area contributed by atoms with Gasteiger partial charge < -0.3 is 24.8 Å². The molecule has 0 aliphatic heterocycles. The molecule has 110 valence electrons. The Balaban J connectivity index is 2.01. The molecule has 0 radical (unpaired) electrons. The highest BCUT2D eigenvalue weighted by Gasteiger charge is 2.25. The Labute approximate surface area is 118 Å². The van der Waals surface area contributed by atoms with Crippen LogP contribution >= 0.6 is 0 Å². The Morgan fingerprint density at radius 2 is 1.90 bits per heavy atom. The van der Waals surface area contributed by atoms with Crippen molar-refractivity contribution in [2.75, 3.05) is 0 Å². The van der Waals surface area contributed by atoms with E-state index in [1.807, 2.05) is 0 Å². The second-order valence-corrected chi connectivity index (χ2v) is 4.05. The molecule has 1 aromatic carbocycles. The predicted molar refractivity (Wildman–Crippen MR) is 70.2 cm³/mol. The summed E-state index contributed by atoms with van der Waals surface area (Å²) in [6.07, 6.45) is 1.09. The fraction of sp³-hybridized carbons (Fsp3) is 0.0769. The number of phenols is 1. The quantitative estimate of drug-likeness (QED) is 0.302. The van der Waals surface area contributed by atoms with Crippen molar-refractivity contribution >= 4 is 12.1 Å². The van der Waals surface area contributed by atoms with Crippen LogP contribution in [0.5, 0.6) is 5.75 Å². The van der Waals surface area contributed by atoms with Crippen LogP contribution in [-0.2, 0) is 5.97 Å². The van der Waals surface area contributed by atoms with E-state index in [2.05, 4.69) is 10.5 Å². The average molecular weight is 292 g/mol. The monoisotopic (exact) mass is 292 g/mol. The zero-order valence-electron chi connectivity index (χ0n) is 10.6. The van der Waals surface area contributed by atoms with Gasteiger partial charge in [-0.1, -0.05) is 12.1 Å². The van der Waals surface area contributed by atoms with Crippen molar-refractivity contribution in [1.29, 1.82) is 0 Å². The van der Waals surface area contributed by atoms with Gasteiger partial charge in [0.15, 0.2) is 5.76 Å². The maximum Gasteiger partial charge on any atom is 0.338 e. The van der Waals surface area contributed by atoms with Gasteiger partial charge in [0.05, 0.1) is 11.8 Å². The predicted octanol–water partition coefficient (Wildman–Crippen LogP) is -0.164. The van der Waals surface area contributed by atoms with Crippen molar-refractivity contribution in [2.24, 2.45) is 5.10 Å². The normalized spacial score (nSPS) is 11.8. The summed E-state index contributed by atoms with van der Waals surface area (Å²) in [5.74, 6) is -4.31. The third kappa shape index (κ3) is 3.66. The fourth-order valence-corrected chi connectivity index (χ4v) is 1.48. The zero-order valence-corrected chi connectivity index (χ0v) is 10.6. The molecule has 0 bridgehead atoms. The number of hydrogen-bond acceptors (Lipinski definition) is 7. The van der Waals surface area contributed by atoms with Crippen molar-refractivity contribution in [3.8, 4) is 5.75 Å². The van der Waals surface area contributed by atoms with Crippen molar-refractivity contribution in [2.45, 2.75) is 5.97 Å². The molecule has 2 aromatic rings. The number of aromatic hydroxyl groups is 1. The standard InChI is InChI=1S/C13H12N2O6/c16-10-4-2-1-3-9(10)12(17)15-14-7-8-5-6-11(21-8)13(18,19)20/h1-7,16,18-20H,(H,15,17)/b14-7+. The lowest BCUT2D eigenvalue weighted by molar-refractivity contribution is -0.333. The second-order valence-electron chi connectivity index (χ2n) is 4.05. The number of para-hydroxylation sites is 1. The number of aliphatic hydroxyl groups is 3. The number of phenolic OH excluding ortho intramolecular Hbond substituents is 1. The Bertz CT molecular complexity index is 671. The third-order valence-corrected chi connectivity index (χ3v) is 2.46. The lowest BCUT2D eigenvalue weighted by Gasteiger charge is -2.08. The summed E-state index contributed by atoms with van der Waals surface area (Å²) in [4.78, 5) is 11.7. The number of nitrogens with zero attached hydrogens (tertiary/aromatic N) is 1. The third-order valence-electron chi connectivity index (χ3n) is 2.46. The Kier molecular flexibility index (Phi) is 4.03. The number of benzene rings is 1. The van der Waals surface area contributed by atoms with Crippen molar-refractivity contribution in [1.82, 2.24) is 5.43 Å². The van der Waals surface area contributed by atoms with E-state index in [4.69, 9.17) is 19.7 Å². The molecule has 1 amide bonds. The van der Waals surface area contributed by atoms with Crippen molar-refractivity contribution in [3.05, 3.63) is 53.5 Å². The molecule has 0 aliphatic carbocycles. The van der Waals surface area contributed by atoms with Crippen LogP contribution in [0.4, 0.5) is 0 Å². The number of hydrazone groups is 1. The van der Waals surface area contributed by atoms with Crippen molar-refractivity contribution < 1.29 is 29.6 Å². The number of furan rings is 1. The SMILES string of the molecule is O=C(N/N=C/c1ccc(C(O)(O)O)o1)c1ccccc1O. The van der Waals surface area contributed by atoms with Gasteiger partial charge in [-0.25, -0.2) is 5.43 Å². The number of amides is 1. The minimum Gasteiger partial charge on any atom is -0.507 e. The number of rotatable bonds is 4. The minimum absolute atomic E-state index is 0.0508. The molecule has 0 spiro atoms. The smallest absolute Gasteiger partial charge is 0.338 e. The van der Waals surface area contributed by atoms with Gasteiger partial charge >= 0.3 is 5.97 Å². The number of nitrogens with one attached hydrogen (secondary N) is 1. The molecule has 5 N–H and O–H groups in total. The highest BCUT2D eigenvalue weighted by molar-refractivity contribution is 5.97. The van der Waals surface area contributed by atoms with Crippen LogP contribution < -0.4 is 5.43 Å². The zero-order chi connectivity index (χ0) is 15.5. The molecular formula is C13H12N2O6. The highest BCUT2D eigenvalue weighted by Crippen LogP contribution is 2.17. The van der Waals surface area contributed by atoms with Gasteiger partial charge in [-0.15, -0.1) is 0 Å². The first-order chi connectivity index (χ1) is 9.88. The molecule has 0 atom stereocenters. The first-order valence-electron chi connectivity index (χ1n) is 5.77. The van der Waals surface area contributed by atoms with Crippen LogP contribution in [0.3, 0.4) is 0 Å². The van der Waals surface area contributed by atoms with Gasteiger partial charge in [0.2, 0.25) is 0 Å². The molecule has 2 rings (SSSR count). The molecular weight excluding hydrogens is 280 g/mol. The Morgan fingerprint density at radius 1 is 1.19 bits per heavy atom. The molecule has 8 heteroatoms. The Hall–Kier alpha value is -2.68. The summed E-state index contributed by atoms with van der Waals surface area (Å²) in [7, 11) is 0. The van der Waals surface area contributed by atoms with Gasteiger partial charge in [-0.05, 0) is 24.3 Å². The summed E-state index contributed by atoms with van der Waals surface area (Å²) >= 11 is 0. The number of hydrogen-bond donors (Lipinski definition) is 5. The van der Waals surface area contributed by atoms with Crippen LogP contribution in [0.1, 0.15) is 21.9 Å². The first-order valence-corrected chi connectivity index (χ1v) is 5.77. The van der Waals surface area contributed by atoms with Gasteiger partial charge in [0.1, 0.15) is 11.5 Å². The molecule has 1 aromatic heterocycles.